The number of methoxy groups -OCH3 is 3. The minimum Gasteiger partial charge on any atom is -0.493 e. The lowest BCUT2D eigenvalue weighted by Gasteiger charge is -2.14. The van der Waals surface area contributed by atoms with Crippen LogP contribution in [0.4, 0.5) is 5.69 Å². The molecule has 0 aliphatic rings. The normalized spacial score (nSPS) is 10.8. The van der Waals surface area contributed by atoms with E-state index in [1.807, 2.05) is 0 Å². The Hall–Kier alpha value is -3.75. The maximum atomic E-state index is 12.4. The number of carbonyl (C=O) groups excluding carboxylic acids is 2. The minimum absolute atomic E-state index is 0.256. The van der Waals surface area contributed by atoms with Gasteiger partial charge in [-0.25, -0.2) is 5.43 Å². The first-order valence-corrected chi connectivity index (χ1v) is 8.66. The summed E-state index contributed by atoms with van der Waals surface area (Å²) in [6.45, 7) is 1.49. The van der Waals surface area contributed by atoms with E-state index >= 15 is 0 Å². The highest BCUT2D eigenvalue weighted by Gasteiger charge is 2.17. The number of anilines is 1. The van der Waals surface area contributed by atoms with E-state index in [1.54, 1.807) is 31.2 Å². The van der Waals surface area contributed by atoms with E-state index in [4.69, 9.17) is 19.9 Å². The molecule has 0 unspecified atom stereocenters. The lowest BCUT2D eigenvalue weighted by Crippen LogP contribution is -2.35. The number of hydrogen-bond acceptors (Lipinski definition) is 7. The molecule has 2 amide bonds. The molecule has 4 N–H and O–H groups in total. The molecule has 0 aromatic heterocycles. The molecule has 0 aliphatic carbocycles. The van der Waals surface area contributed by atoms with E-state index in [-0.39, 0.29) is 12.1 Å². The molecule has 0 fully saturated rings. The van der Waals surface area contributed by atoms with Crippen LogP contribution in [0.1, 0.15) is 22.8 Å². The van der Waals surface area contributed by atoms with E-state index in [9.17, 15) is 9.59 Å². The zero-order valence-corrected chi connectivity index (χ0v) is 16.7. The number of benzene rings is 2. The molecule has 0 heterocycles. The van der Waals surface area contributed by atoms with Gasteiger partial charge < -0.3 is 25.3 Å². The van der Waals surface area contributed by atoms with Crippen LogP contribution in [0.3, 0.4) is 0 Å². The van der Waals surface area contributed by atoms with E-state index in [2.05, 4.69) is 15.8 Å². The average molecular weight is 400 g/mol. The van der Waals surface area contributed by atoms with E-state index in [0.717, 1.165) is 5.56 Å². The molecule has 0 atom stereocenters. The molecule has 0 bridgehead atoms. The van der Waals surface area contributed by atoms with Gasteiger partial charge in [0, 0.05) is 11.3 Å². The fraction of sp³-hybridized carbons (Fsp3) is 0.250. The van der Waals surface area contributed by atoms with Crippen LogP contribution >= 0.6 is 0 Å². The largest absolute Gasteiger partial charge is 0.493 e. The number of hydrogen-bond donors (Lipinski definition) is 3. The standard InChI is InChI=1S/C20H24N4O5/c1-12(13-5-7-15(21)8-6-13)23-24-18(25)11-22-20(26)14-9-16(27-2)19(29-4)17(10-14)28-3/h5-10H,11,21H2,1-4H3,(H,22,26)(H,24,25)/b23-12+. The molecule has 2 rings (SSSR count). The molecule has 0 radical (unpaired) electrons. The number of nitrogens with two attached hydrogens (primary N) is 1. The number of rotatable bonds is 8. The van der Waals surface area contributed by atoms with Gasteiger partial charge in [0.1, 0.15) is 0 Å². The molecule has 9 heteroatoms. The summed E-state index contributed by atoms with van der Waals surface area (Å²) in [5.41, 5.74) is 10.4. The molecule has 0 saturated carbocycles. The summed E-state index contributed by atoms with van der Waals surface area (Å²) in [5, 5.41) is 6.54. The number of ether oxygens (including phenoxy) is 3. The maximum absolute atomic E-state index is 12.4. The highest BCUT2D eigenvalue weighted by atomic mass is 16.5. The van der Waals surface area contributed by atoms with Crippen molar-refractivity contribution in [3.05, 3.63) is 47.5 Å². The molecule has 2 aromatic carbocycles. The Balaban J connectivity index is 1.98. The number of amides is 2. The number of nitrogen functional groups attached to an aromatic ring is 1. The molecular weight excluding hydrogens is 376 g/mol. The lowest BCUT2D eigenvalue weighted by molar-refractivity contribution is -0.120. The monoisotopic (exact) mass is 400 g/mol. The smallest absolute Gasteiger partial charge is 0.259 e. The topological polar surface area (TPSA) is 124 Å². The predicted octanol–water partition coefficient (Wildman–Crippen LogP) is 1.56. The molecule has 0 saturated heterocycles. The summed E-state index contributed by atoms with van der Waals surface area (Å²) in [4.78, 5) is 24.4. The van der Waals surface area contributed by atoms with E-state index < -0.39 is 11.8 Å². The molecule has 29 heavy (non-hydrogen) atoms. The van der Waals surface area contributed by atoms with Crippen molar-refractivity contribution in [3.8, 4) is 17.2 Å². The molecule has 154 valence electrons. The van der Waals surface area contributed by atoms with Crippen molar-refractivity contribution in [2.75, 3.05) is 33.6 Å². The molecule has 9 nitrogen and oxygen atoms in total. The summed E-state index contributed by atoms with van der Waals surface area (Å²) in [6, 6.07) is 10.1. The average Bonchev–Trinajstić information content (AvgIpc) is 2.74. The van der Waals surface area contributed by atoms with Crippen LogP contribution in [0.5, 0.6) is 17.2 Å². The van der Waals surface area contributed by atoms with Crippen LogP contribution in [0.25, 0.3) is 0 Å². The quantitative estimate of drug-likeness (QED) is 0.351. The number of carbonyl (C=O) groups is 2. The number of nitrogens with zero attached hydrogens (tertiary/aromatic N) is 1. The van der Waals surface area contributed by atoms with Crippen molar-refractivity contribution in [2.45, 2.75) is 6.92 Å². The van der Waals surface area contributed by atoms with Gasteiger partial charge in [-0.1, -0.05) is 12.1 Å². The van der Waals surface area contributed by atoms with Crippen LogP contribution in [0.15, 0.2) is 41.5 Å². The Labute approximate surface area is 168 Å². The number of nitrogens with one attached hydrogen (secondary N) is 2. The van der Waals surface area contributed by atoms with Gasteiger partial charge >= 0.3 is 0 Å². The second kappa shape index (κ2) is 9.98. The predicted molar refractivity (Wildman–Crippen MR) is 110 cm³/mol. The van der Waals surface area contributed by atoms with Crippen molar-refractivity contribution in [3.63, 3.8) is 0 Å². The van der Waals surface area contributed by atoms with Gasteiger partial charge in [0.15, 0.2) is 11.5 Å². The van der Waals surface area contributed by atoms with Crippen LogP contribution in [-0.2, 0) is 4.79 Å². The van der Waals surface area contributed by atoms with Gasteiger partial charge in [0.2, 0.25) is 5.75 Å². The zero-order valence-electron chi connectivity index (χ0n) is 16.7. The minimum atomic E-state index is -0.473. The first-order valence-electron chi connectivity index (χ1n) is 8.66. The third kappa shape index (κ3) is 5.61. The van der Waals surface area contributed by atoms with Crippen LogP contribution in [-0.4, -0.2) is 45.4 Å². The van der Waals surface area contributed by atoms with Crippen molar-refractivity contribution in [2.24, 2.45) is 5.10 Å². The summed E-state index contributed by atoms with van der Waals surface area (Å²) in [5.74, 6) is 0.103. The third-order valence-electron chi connectivity index (χ3n) is 4.01. The summed E-state index contributed by atoms with van der Waals surface area (Å²) >= 11 is 0. The molecule has 2 aromatic rings. The Morgan fingerprint density at radius 2 is 1.55 bits per heavy atom. The molecular formula is C20H24N4O5. The van der Waals surface area contributed by atoms with Gasteiger partial charge in [-0.2, -0.15) is 5.10 Å². The first-order chi connectivity index (χ1) is 13.9. The van der Waals surface area contributed by atoms with Crippen LogP contribution in [0, 0.1) is 0 Å². The van der Waals surface area contributed by atoms with Gasteiger partial charge in [-0.05, 0) is 36.8 Å². The Kier molecular flexibility index (Phi) is 7.41. The molecule has 0 aliphatic heterocycles. The molecule has 0 spiro atoms. The Morgan fingerprint density at radius 1 is 0.966 bits per heavy atom. The fourth-order valence-electron chi connectivity index (χ4n) is 2.45. The van der Waals surface area contributed by atoms with Crippen LogP contribution in [0.2, 0.25) is 0 Å². The third-order valence-corrected chi connectivity index (χ3v) is 4.01. The van der Waals surface area contributed by atoms with Crippen molar-refractivity contribution < 1.29 is 23.8 Å². The van der Waals surface area contributed by atoms with Crippen molar-refractivity contribution >= 4 is 23.2 Å². The Bertz CT molecular complexity index is 885. The first kappa shape index (κ1) is 21.5. The van der Waals surface area contributed by atoms with Crippen molar-refractivity contribution in [1.82, 2.24) is 10.7 Å². The van der Waals surface area contributed by atoms with Crippen LogP contribution < -0.4 is 30.7 Å². The van der Waals surface area contributed by atoms with Gasteiger partial charge in [-0.3, -0.25) is 9.59 Å². The van der Waals surface area contributed by atoms with Crippen molar-refractivity contribution in [1.29, 1.82) is 0 Å². The SMILES string of the molecule is COc1cc(C(=O)NCC(=O)N/N=C(\C)c2ccc(N)cc2)cc(OC)c1OC. The second-order valence-electron chi connectivity index (χ2n) is 5.95. The summed E-state index contributed by atoms with van der Waals surface area (Å²) < 4.78 is 15.7. The second-order valence-corrected chi connectivity index (χ2v) is 5.95. The van der Waals surface area contributed by atoms with Gasteiger partial charge in [-0.15, -0.1) is 0 Å². The lowest BCUT2D eigenvalue weighted by atomic mass is 10.1. The van der Waals surface area contributed by atoms with E-state index in [0.29, 0.717) is 28.6 Å². The summed E-state index contributed by atoms with van der Waals surface area (Å²) in [7, 11) is 4.37. The van der Waals surface area contributed by atoms with Gasteiger partial charge in [0.25, 0.3) is 11.8 Å². The summed E-state index contributed by atoms with van der Waals surface area (Å²) in [6.07, 6.45) is 0. The Morgan fingerprint density at radius 3 is 2.07 bits per heavy atom. The van der Waals surface area contributed by atoms with Gasteiger partial charge in [0.05, 0.1) is 33.6 Å². The van der Waals surface area contributed by atoms with E-state index in [1.165, 1.54) is 33.5 Å². The maximum Gasteiger partial charge on any atom is 0.259 e. The zero-order chi connectivity index (χ0) is 21.4. The fourth-order valence-corrected chi connectivity index (χ4v) is 2.45. The highest BCUT2D eigenvalue weighted by molar-refractivity contribution is 6.00. The highest BCUT2D eigenvalue weighted by Crippen LogP contribution is 2.38. The number of hydrazone groups is 1.